The van der Waals surface area contributed by atoms with Gasteiger partial charge in [-0.15, -0.1) is 4.99 Å². The predicted molar refractivity (Wildman–Crippen MR) is 312 cm³/mol. The molecule has 2 aliphatic heterocycles. The van der Waals surface area contributed by atoms with E-state index in [1.165, 1.54) is 39.0 Å². The fourth-order valence-electron chi connectivity index (χ4n) is 11.6. The third-order valence-corrected chi connectivity index (χ3v) is 16.4. The highest BCUT2D eigenvalue weighted by molar-refractivity contribution is 5.84. The predicted octanol–water partition coefficient (Wildman–Crippen LogP) is 14.7. The van der Waals surface area contributed by atoms with Crippen molar-refractivity contribution < 1.29 is 15.0 Å². The lowest BCUT2D eigenvalue weighted by molar-refractivity contribution is -0.300. The molecule has 4 aromatic carbocycles. The van der Waals surface area contributed by atoms with Gasteiger partial charge < -0.3 is 24.9 Å². The van der Waals surface area contributed by atoms with E-state index < -0.39 is 0 Å². The summed E-state index contributed by atoms with van der Waals surface area (Å²) in [6, 6.07) is 33.7. The van der Waals surface area contributed by atoms with Crippen LogP contribution in [0.2, 0.25) is 0 Å². The summed E-state index contributed by atoms with van der Waals surface area (Å²) in [6.07, 6.45) is 17.5. The van der Waals surface area contributed by atoms with Crippen LogP contribution >= 0.6 is 0 Å². The molecule has 5 N–H and O–H groups in total. The molecule has 6 unspecified atom stereocenters. The normalized spacial score (nSPS) is 17.8. The Kier molecular flexibility index (Phi) is 19.7. The zero-order valence-corrected chi connectivity index (χ0v) is 46.7. The van der Waals surface area contributed by atoms with Crippen LogP contribution in [0.25, 0.3) is 34.2 Å². The number of ether oxygens (including phenoxy) is 1. The molecule has 0 aliphatic carbocycles. The third-order valence-electron chi connectivity index (χ3n) is 16.4. The maximum atomic E-state index is 9.27. The number of hydrogen-bond acceptors (Lipinski definition) is 9. The molecule has 11 heteroatoms. The summed E-state index contributed by atoms with van der Waals surface area (Å²) in [5.41, 5.74) is 16.7. The molecule has 2 aliphatic rings. The van der Waals surface area contributed by atoms with E-state index in [0.717, 1.165) is 123 Å². The van der Waals surface area contributed by atoms with Gasteiger partial charge in [-0.25, -0.2) is 15.2 Å². The second-order valence-corrected chi connectivity index (χ2v) is 22.3. The molecule has 0 bridgehead atoms. The van der Waals surface area contributed by atoms with E-state index in [1.54, 1.807) is 0 Å². The van der Waals surface area contributed by atoms with Crippen molar-refractivity contribution in [3.05, 3.63) is 173 Å². The Morgan fingerprint density at radius 3 is 2.26 bits per heavy atom. The molecule has 0 amide bonds. The van der Waals surface area contributed by atoms with Gasteiger partial charge in [0, 0.05) is 30.4 Å². The molecule has 8 rings (SSSR count). The maximum absolute atomic E-state index is 9.27. The van der Waals surface area contributed by atoms with Gasteiger partial charge in [-0.2, -0.15) is 5.48 Å². The summed E-state index contributed by atoms with van der Waals surface area (Å²) in [5, 5.41) is 12.8. The highest BCUT2D eigenvalue weighted by atomic mass is 17.2. The van der Waals surface area contributed by atoms with E-state index >= 15 is 0 Å². The lowest BCUT2D eigenvalue weighted by atomic mass is 9.79. The van der Waals surface area contributed by atoms with Crippen LogP contribution in [0.1, 0.15) is 156 Å². The number of hydroxylamine groups is 1. The number of nitrogens with zero attached hydrogens (tertiary/aromatic N) is 4. The summed E-state index contributed by atoms with van der Waals surface area (Å²) in [7, 11) is 0. The molecule has 4 heterocycles. The largest absolute Gasteiger partial charge is 0.494 e. The molecule has 0 radical (unpaired) electrons. The van der Waals surface area contributed by atoms with Gasteiger partial charge in [-0.3, -0.25) is 4.90 Å². The Balaban J connectivity index is 1.09. The van der Waals surface area contributed by atoms with Crippen LogP contribution < -0.4 is 15.5 Å². The van der Waals surface area contributed by atoms with Crippen molar-refractivity contribution in [2.75, 3.05) is 26.2 Å². The van der Waals surface area contributed by atoms with Gasteiger partial charge in [0.2, 0.25) is 0 Å². The highest BCUT2D eigenvalue weighted by Crippen LogP contribution is 2.39. The summed E-state index contributed by atoms with van der Waals surface area (Å²) >= 11 is 0. The molecule has 2 saturated heterocycles. The zero-order chi connectivity index (χ0) is 53.7. The van der Waals surface area contributed by atoms with E-state index in [4.69, 9.17) is 14.7 Å². The van der Waals surface area contributed by atoms with Gasteiger partial charge in [-0.05, 0) is 170 Å². The number of unbranched alkanes of at least 4 members (excludes halogenated alkanes) is 1. The molecule has 404 valence electrons. The van der Waals surface area contributed by atoms with E-state index in [-0.39, 0.29) is 30.0 Å². The Morgan fingerprint density at radius 1 is 0.842 bits per heavy atom. The number of aromatic amines is 2. The van der Waals surface area contributed by atoms with Crippen molar-refractivity contribution >= 4 is 11.6 Å². The smallest absolute Gasteiger partial charge is 0.129 e. The number of allylic oxidation sites excluding steroid dienone is 1. The summed E-state index contributed by atoms with van der Waals surface area (Å²) in [6.45, 7) is 29.9. The molecule has 2 fully saturated rings. The fourth-order valence-corrected chi connectivity index (χ4v) is 11.6. The van der Waals surface area contributed by atoms with Crippen LogP contribution in [-0.2, 0) is 17.8 Å². The zero-order valence-electron chi connectivity index (χ0n) is 46.7. The number of hydrogen-bond donors (Lipinski definition) is 5. The van der Waals surface area contributed by atoms with E-state index in [0.29, 0.717) is 24.5 Å². The maximum Gasteiger partial charge on any atom is 0.129 e. The number of imidazole rings is 2. The first-order chi connectivity index (χ1) is 36.8. The van der Waals surface area contributed by atoms with Crippen LogP contribution in [0.4, 0.5) is 0 Å². The van der Waals surface area contributed by atoms with Crippen LogP contribution in [0.5, 0.6) is 5.75 Å². The fraction of sp³-hybridized carbons (Fsp3) is 0.446. The Bertz CT molecular complexity index is 2850. The average molecular weight is 1030 g/mol. The van der Waals surface area contributed by atoms with Crippen molar-refractivity contribution in [3.63, 3.8) is 0 Å². The summed E-state index contributed by atoms with van der Waals surface area (Å²) in [4.78, 5) is 26.8. The lowest BCUT2D eigenvalue weighted by Gasteiger charge is -2.33. The molecule has 6 atom stereocenters. The van der Waals surface area contributed by atoms with Crippen molar-refractivity contribution in [2.45, 2.75) is 143 Å². The minimum Gasteiger partial charge on any atom is -0.494 e. The summed E-state index contributed by atoms with van der Waals surface area (Å²) < 4.78 is 6.46. The Hall–Kier alpha value is -6.24. The second-order valence-electron chi connectivity index (χ2n) is 22.3. The first kappa shape index (κ1) is 56.0. The van der Waals surface area contributed by atoms with Gasteiger partial charge in [-0.1, -0.05) is 134 Å². The van der Waals surface area contributed by atoms with Crippen LogP contribution in [0.15, 0.2) is 128 Å². The monoisotopic (exact) mass is 1030 g/mol. The van der Waals surface area contributed by atoms with E-state index in [9.17, 15) is 5.26 Å². The van der Waals surface area contributed by atoms with Gasteiger partial charge in [0.1, 0.15) is 17.4 Å². The minimum absolute atomic E-state index is 0.0500. The molecule has 76 heavy (non-hydrogen) atoms. The molecular formula is C65H86N8O3. The molecule has 6 aromatic rings. The molecule has 11 nitrogen and oxygen atoms in total. The second kappa shape index (κ2) is 26.7. The molecule has 0 saturated carbocycles. The number of rotatable bonds is 27. The van der Waals surface area contributed by atoms with E-state index in [2.05, 4.69) is 201 Å². The summed E-state index contributed by atoms with van der Waals surface area (Å²) in [5.74, 6) is 4.24. The third kappa shape index (κ3) is 13.8. The first-order valence-electron chi connectivity index (χ1n) is 28.3. The molecule has 2 aromatic heterocycles. The van der Waals surface area contributed by atoms with Crippen LogP contribution in [0.3, 0.4) is 0 Å². The molecular weight excluding hydrogens is 941 g/mol. The number of aromatic nitrogens is 4. The Morgan fingerprint density at radius 2 is 1.55 bits per heavy atom. The SMILES string of the molecule is C=CNC(CN1CCCC1c1ncc(-c2ccc(/C(C)=C/c3cc(-c4cnc(C5CCCN5C(=C)C(NOO)C(C)C)[nH]4)ccc3C)c(CC(c3cccc(OCCCCc4ccccc4)c3)C(C)CC)c2)[nH]1)C(C)C. The van der Waals surface area contributed by atoms with Gasteiger partial charge in [0.15, 0.2) is 0 Å². The number of aryl methyl sites for hydroxylation is 2. The van der Waals surface area contributed by atoms with E-state index in [1.807, 2.05) is 18.6 Å². The minimum atomic E-state index is -0.233. The van der Waals surface area contributed by atoms with Crippen molar-refractivity contribution in [2.24, 2.45) is 17.8 Å². The van der Waals surface area contributed by atoms with Crippen molar-refractivity contribution in [1.82, 2.24) is 40.5 Å². The van der Waals surface area contributed by atoms with Crippen molar-refractivity contribution in [3.8, 4) is 28.3 Å². The highest BCUT2D eigenvalue weighted by Gasteiger charge is 2.34. The Labute approximate surface area is 454 Å². The van der Waals surface area contributed by atoms with Gasteiger partial charge in [0.05, 0.1) is 48.5 Å². The van der Waals surface area contributed by atoms with Gasteiger partial charge in [0.25, 0.3) is 0 Å². The molecule has 0 spiro atoms. The number of H-pyrrole nitrogens is 2. The van der Waals surface area contributed by atoms with Crippen molar-refractivity contribution in [1.29, 1.82) is 0 Å². The van der Waals surface area contributed by atoms with Gasteiger partial charge >= 0.3 is 0 Å². The average Bonchev–Trinajstić information content (AvgIpc) is 4.31. The number of nitrogens with one attached hydrogen (secondary N) is 4. The standard InChI is InChI=1S/C65H86N8O3/c1-11-45(7)57(50-24-18-25-55(38-50)75-34-17-16-23-49-21-14-13-15-22-49)39-54-37-52(59-40-67-64(69-59)61-26-19-32-72(61)42-60(43(3)4)66-12-2)30-31-56(54)47(9)35-53-36-51(29-28-46(53)8)58-41-68-65(70-58)62-27-20-33-73(62)48(10)63(44(5)6)71-76-74/h12-15,18,21-22,24-25,28-31,35-38,40-41,43-45,57,60-63,66,71,74H,2,10-11,16-17,19-20,23,26-27,32-34,39,42H2,1,3-9H3,(H,67,69)(H,68,70)/b47-35+. The first-order valence-corrected chi connectivity index (χ1v) is 28.3. The van der Waals surface area contributed by atoms with Crippen LogP contribution in [0, 0.1) is 24.7 Å². The van der Waals surface area contributed by atoms with Crippen LogP contribution in [-0.4, -0.2) is 73.3 Å². The lowest BCUT2D eigenvalue weighted by Crippen LogP contribution is -2.42. The topological polar surface area (TPSA) is 127 Å². The number of likely N-dealkylation sites (tertiary alicyclic amines) is 2. The number of benzene rings is 4. The quantitative estimate of drug-likeness (QED) is 0.0148.